The summed E-state index contributed by atoms with van der Waals surface area (Å²) in [6.45, 7) is 0.427. The molecule has 0 radical (unpaired) electrons. The van der Waals surface area contributed by atoms with Gasteiger partial charge in [-0.3, -0.25) is 4.79 Å². The highest BCUT2D eigenvalue weighted by Crippen LogP contribution is 2.31. The largest absolute Gasteiger partial charge is 0.352 e. The zero-order chi connectivity index (χ0) is 12.4. The van der Waals surface area contributed by atoms with Crippen LogP contribution in [-0.2, 0) is 10.5 Å². The van der Waals surface area contributed by atoms with E-state index in [0.29, 0.717) is 18.6 Å². The third-order valence-corrected chi connectivity index (χ3v) is 4.51. The van der Waals surface area contributed by atoms with E-state index in [0.717, 1.165) is 24.3 Å². The van der Waals surface area contributed by atoms with Crippen molar-refractivity contribution >= 4 is 17.7 Å². The second-order valence-corrected chi connectivity index (χ2v) is 6.02. The Kier molecular flexibility index (Phi) is 3.57. The van der Waals surface area contributed by atoms with Gasteiger partial charge in [0.2, 0.25) is 5.91 Å². The average Bonchev–Trinajstić information content (AvgIpc) is 3.20. The molecule has 3 nitrogen and oxygen atoms in total. The van der Waals surface area contributed by atoms with Crippen LogP contribution in [0.4, 0.5) is 0 Å². The molecular weight excluding hydrogens is 244 g/mol. The average molecular weight is 262 g/mol. The molecule has 0 spiro atoms. The SMILES string of the molecule is O=C(CNC1CSCc2ccccc21)NC1CC1. The van der Waals surface area contributed by atoms with Crippen molar-refractivity contribution in [2.45, 2.75) is 30.7 Å². The Balaban J connectivity index is 1.58. The molecule has 2 aliphatic rings. The van der Waals surface area contributed by atoms with Crippen LogP contribution in [0.25, 0.3) is 0 Å². The van der Waals surface area contributed by atoms with Gasteiger partial charge in [-0.25, -0.2) is 0 Å². The summed E-state index contributed by atoms with van der Waals surface area (Å²) in [5, 5.41) is 6.39. The van der Waals surface area contributed by atoms with Gasteiger partial charge in [0.05, 0.1) is 6.54 Å². The molecule has 1 aliphatic carbocycles. The molecule has 4 heteroatoms. The van der Waals surface area contributed by atoms with E-state index in [1.54, 1.807) is 0 Å². The standard InChI is InChI=1S/C14H18N2OS/c17-14(16-11-5-6-11)7-15-13-9-18-8-10-3-1-2-4-12(10)13/h1-4,11,13,15H,5-9H2,(H,16,17). The second kappa shape index (κ2) is 5.33. The van der Waals surface area contributed by atoms with Gasteiger partial charge in [-0.1, -0.05) is 24.3 Å². The maximum absolute atomic E-state index is 11.7. The summed E-state index contributed by atoms with van der Waals surface area (Å²) in [6, 6.07) is 9.28. The van der Waals surface area contributed by atoms with E-state index in [1.165, 1.54) is 11.1 Å². The first-order chi connectivity index (χ1) is 8.83. The number of amides is 1. The van der Waals surface area contributed by atoms with Crippen molar-refractivity contribution in [3.8, 4) is 0 Å². The highest BCUT2D eigenvalue weighted by molar-refractivity contribution is 7.98. The van der Waals surface area contributed by atoms with Crippen molar-refractivity contribution in [3.63, 3.8) is 0 Å². The molecule has 0 aromatic heterocycles. The number of carbonyl (C=O) groups excluding carboxylic acids is 1. The summed E-state index contributed by atoms with van der Waals surface area (Å²) in [5.41, 5.74) is 2.75. The number of hydrogen-bond acceptors (Lipinski definition) is 3. The fourth-order valence-corrected chi connectivity index (χ4v) is 3.41. The van der Waals surface area contributed by atoms with Crippen LogP contribution in [0, 0.1) is 0 Å². The van der Waals surface area contributed by atoms with Gasteiger partial charge in [0.25, 0.3) is 0 Å². The zero-order valence-corrected chi connectivity index (χ0v) is 11.1. The monoisotopic (exact) mass is 262 g/mol. The number of rotatable bonds is 4. The van der Waals surface area contributed by atoms with E-state index in [4.69, 9.17) is 0 Å². The van der Waals surface area contributed by atoms with Crippen LogP contribution in [0.3, 0.4) is 0 Å². The highest BCUT2D eigenvalue weighted by atomic mass is 32.2. The fourth-order valence-electron chi connectivity index (χ4n) is 2.27. The lowest BCUT2D eigenvalue weighted by Gasteiger charge is -2.25. The number of fused-ring (bicyclic) bond motifs is 1. The summed E-state index contributed by atoms with van der Waals surface area (Å²) in [5.74, 6) is 2.27. The van der Waals surface area contributed by atoms with Gasteiger partial charge in [0.15, 0.2) is 0 Å². The molecule has 0 saturated heterocycles. The minimum Gasteiger partial charge on any atom is -0.352 e. The molecule has 1 unspecified atom stereocenters. The van der Waals surface area contributed by atoms with Gasteiger partial charge in [-0.05, 0) is 24.0 Å². The van der Waals surface area contributed by atoms with E-state index >= 15 is 0 Å². The lowest BCUT2D eigenvalue weighted by molar-refractivity contribution is -0.120. The van der Waals surface area contributed by atoms with Crippen LogP contribution >= 0.6 is 11.8 Å². The highest BCUT2D eigenvalue weighted by Gasteiger charge is 2.24. The van der Waals surface area contributed by atoms with E-state index in [-0.39, 0.29) is 5.91 Å². The summed E-state index contributed by atoms with van der Waals surface area (Å²) in [7, 11) is 0. The quantitative estimate of drug-likeness (QED) is 0.870. The summed E-state index contributed by atoms with van der Waals surface area (Å²) < 4.78 is 0. The first kappa shape index (κ1) is 12.1. The Bertz CT molecular complexity index is 445. The molecular formula is C14H18N2OS. The van der Waals surface area contributed by atoms with Crippen LogP contribution in [0.1, 0.15) is 30.0 Å². The lowest BCUT2D eigenvalue weighted by atomic mass is 10.0. The molecule has 0 bridgehead atoms. The molecule has 1 aromatic rings. The zero-order valence-electron chi connectivity index (χ0n) is 10.3. The maximum atomic E-state index is 11.7. The van der Waals surface area contributed by atoms with Crippen molar-refractivity contribution in [1.82, 2.24) is 10.6 Å². The topological polar surface area (TPSA) is 41.1 Å². The number of nitrogens with one attached hydrogen (secondary N) is 2. The van der Waals surface area contributed by atoms with Crippen molar-refractivity contribution in [2.75, 3.05) is 12.3 Å². The summed E-state index contributed by atoms with van der Waals surface area (Å²) in [6.07, 6.45) is 2.29. The predicted molar refractivity (Wildman–Crippen MR) is 74.5 cm³/mol. The van der Waals surface area contributed by atoms with Crippen molar-refractivity contribution in [3.05, 3.63) is 35.4 Å². The normalized spacial score (nSPS) is 22.3. The smallest absolute Gasteiger partial charge is 0.234 e. The van der Waals surface area contributed by atoms with Gasteiger partial charge in [0, 0.05) is 23.6 Å². The Morgan fingerprint density at radius 3 is 3.00 bits per heavy atom. The van der Waals surface area contributed by atoms with Crippen LogP contribution in [-0.4, -0.2) is 24.2 Å². The Labute approximate surface area is 112 Å². The number of carbonyl (C=O) groups is 1. The Morgan fingerprint density at radius 1 is 1.33 bits per heavy atom. The second-order valence-electron chi connectivity index (χ2n) is 4.99. The number of benzene rings is 1. The fraction of sp³-hybridized carbons (Fsp3) is 0.500. The summed E-state index contributed by atoms with van der Waals surface area (Å²) >= 11 is 1.93. The Morgan fingerprint density at radius 2 is 2.17 bits per heavy atom. The number of hydrogen-bond donors (Lipinski definition) is 2. The van der Waals surface area contributed by atoms with E-state index in [9.17, 15) is 4.79 Å². The van der Waals surface area contributed by atoms with Gasteiger partial charge >= 0.3 is 0 Å². The predicted octanol–water partition coefficient (Wildman–Crippen LogP) is 1.84. The molecule has 1 amide bonds. The van der Waals surface area contributed by atoms with Crippen LogP contribution in [0.2, 0.25) is 0 Å². The molecule has 1 heterocycles. The van der Waals surface area contributed by atoms with Crippen molar-refractivity contribution in [2.24, 2.45) is 0 Å². The molecule has 1 aliphatic heterocycles. The van der Waals surface area contributed by atoms with Gasteiger partial charge < -0.3 is 10.6 Å². The van der Waals surface area contributed by atoms with Gasteiger partial charge in [-0.15, -0.1) is 0 Å². The molecule has 3 rings (SSSR count). The molecule has 1 atom stereocenters. The minimum absolute atomic E-state index is 0.130. The van der Waals surface area contributed by atoms with E-state index in [1.807, 2.05) is 11.8 Å². The molecule has 2 N–H and O–H groups in total. The minimum atomic E-state index is 0.130. The number of thioether (sulfide) groups is 1. The first-order valence-electron chi connectivity index (χ1n) is 6.51. The molecule has 18 heavy (non-hydrogen) atoms. The van der Waals surface area contributed by atoms with Crippen LogP contribution in [0.5, 0.6) is 0 Å². The van der Waals surface area contributed by atoms with Gasteiger partial charge in [0.1, 0.15) is 0 Å². The molecule has 1 aromatic carbocycles. The lowest BCUT2D eigenvalue weighted by Crippen LogP contribution is -2.38. The third-order valence-electron chi connectivity index (χ3n) is 3.42. The molecule has 96 valence electrons. The third kappa shape index (κ3) is 2.87. The van der Waals surface area contributed by atoms with Crippen LogP contribution < -0.4 is 10.6 Å². The first-order valence-corrected chi connectivity index (χ1v) is 7.66. The van der Waals surface area contributed by atoms with Gasteiger partial charge in [-0.2, -0.15) is 11.8 Å². The molecule has 1 fully saturated rings. The van der Waals surface area contributed by atoms with E-state index < -0.39 is 0 Å². The molecule has 1 saturated carbocycles. The maximum Gasteiger partial charge on any atom is 0.234 e. The van der Waals surface area contributed by atoms with Crippen LogP contribution in [0.15, 0.2) is 24.3 Å². The van der Waals surface area contributed by atoms with E-state index in [2.05, 4.69) is 34.9 Å². The summed E-state index contributed by atoms with van der Waals surface area (Å²) in [4.78, 5) is 11.7. The van der Waals surface area contributed by atoms with Crippen molar-refractivity contribution < 1.29 is 4.79 Å². The van der Waals surface area contributed by atoms with Crippen molar-refractivity contribution in [1.29, 1.82) is 0 Å². The Hall–Kier alpha value is -1.00.